The first kappa shape index (κ1) is 32.2. The summed E-state index contributed by atoms with van der Waals surface area (Å²) < 4.78 is 65.2. The van der Waals surface area contributed by atoms with Crippen LogP contribution in [-0.4, -0.2) is 51.1 Å². The molecule has 3 aliphatic rings. The van der Waals surface area contributed by atoms with E-state index >= 15 is 0 Å². The zero-order valence-electron chi connectivity index (χ0n) is 24.7. The van der Waals surface area contributed by atoms with Crippen LogP contribution in [-0.2, 0) is 16.3 Å². The van der Waals surface area contributed by atoms with Crippen LogP contribution < -0.4 is 10.6 Å². The van der Waals surface area contributed by atoms with E-state index in [1.807, 2.05) is 12.1 Å². The molecule has 1 saturated carbocycles. The summed E-state index contributed by atoms with van der Waals surface area (Å²) in [4.78, 5) is 17.1. The Morgan fingerprint density at radius 3 is 2.51 bits per heavy atom. The van der Waals surface area contributed by atoms with Crippen molar-refractivity contribution in [2.75, 3.05) is 13.6 Å². The summed E-state index contributed by atoms with van der Waals surface area (Å²) in [5.41, 5.74) is 5.77. The number of carbonyl (C=O) groups excluding carboxylic acids is 1. The van der Waals surface area contributed by atoms with Crippen LogP contribution in [0.4, 0.5) is 13.2 Å². The highest BCUT2D eigenvalue weighted by atomic mass is 32.2. The first-order valence-corrected chi connectivity index (χ1v) is 16.3. The monoisotopic (exact) mass is 637 g/mol. The lowest BCUT2D eigenvalue weighted by Crippen LogP contribution is -2.34. The van der Waals surface area contributed by atoms with E-state index in [0.717, 1.165) is 41.7 Å². The molecular weight excluding hydrogens is 603 g/mol. The standard InChI is InChI=1S/C34H34F3N3O4S/c1-38-32-7-2-4-24-10-11-25(19-30(24)33(42)40-32)23-12-16-29(17-13-23)45(43,44)21-22-8-9-26(31(41)18-22)20-39-28-6-3-5-27(14-15-28)34(35,36)37/h5-6,10-17,19,21,26,31,39,41H,2,4,7-9,18,20H2,1H3,(H,38,40,42)/b22-21+/t26-,31-/m0/s1. The number of rotatable bonds is 6. The number of carbonyl (C=O) groups is 1. The minimum Gasteiger partial charge on any atom is -0.392 e. The molecule has 0 spiro atoms. The number of nitrogens with zero attached hydrogens (tertiary/aromatic N) is 1. The molecule has 1 amide bonds. The van der Waals surface area contributed by atoms with Crippen LogP contribution in [0.3, 0.4) is 0 Å². The van der Waals surface area contributed by atoms with Crippen LogP contribution in [0.15, 0.2) is 105 Å². The number of hydrogen-bond acceptors (Lipinski definition) is 6. The van der Waals surface area contributed by atoms with Gasteiger partial charge in [-0.2, -0.15) is 18.2 Å². The van der Waals surface area contributed by atoms with Gasteiger partial charge >= 0.3 is 6.18 Å². The number of aliphatic hydroxyl groups excluding tert-OH is 1. The first-order valence-electron chi connectivity index (χ1n) is 14.7. The number of amidine groups is 1. The maximum absolute atomic E-state index is 13.2. The van der Waals surface area contributed by atoms with Crippen molar-refractivity contribution in [3.63, 3.8) is 0 Å². The maximum atomic E-state index is 13.2. The van der Waals surface area contributed by atoms with Gasteiger partial charge in [0.25, 0.3) is 5.91 Å². The number of amides is 1. The summed E-state index contributed by atoms with van der Waals surface area (Å²) in [7, 11) is -2.04. The Labute approximate surface area is 260 Å². The van der Waals surface area contributed by atoms with Crippen molar-refractivity contribution in [1.29, 1.82) is 0 Å². The highest BCUT2D eigenvalue weighted by Crippen LogP contribution is 2.32. The Kier molecular flexibility index (Phi) is 9.62. The first-order chi connectivity index (χ1) is 21.4. The molecular formula is C34H34F3N3O4S. The highest BCUT2D eigenvalue weighted by molar-refractivity contribution is 7.94. The van der Waals surface area contributed by atoms with E-state index in [4.69, 9.17) is 0 Å². The molecule has 0 bridgehead atoms. The van der Waals surface area contributed by atoms with Gasteiger partial charge in [0.15, 0.2) is 9.84 Å². The normalized spacial score (nSPS) is 22.7. The van der Waals surface area contributed by atoms with Crippen molar-refractivity contribution < 1.29 is 31.5 Å². The number of alkyl halides is 3. The number of halogens is 3. The van der Waals surface area contributed by atoms with Gasteiger partial charge in [-0.25, -0.2) is 8.42 Å². The summed E-state index contributed by atoms with van der Waals surface area (Å²) in [5.74, 6) is 0.148. The van der Waals surface area contributed by atoms with Gasteiger partial charge in [0.1, 0.15) is 5.84 Å². The summed E-state index contributed by atoms with van der Waals surface area (Å²) in [6, 6.07) is 12.1. The van der Waals surface area contributed by atoms with Gasteiger partial charge in [-0.15, -0.1) is 5.73 Å². The van der Waals surface area contributed by atoms with Crippen molar-refractivity contribution in [2.45, 2.75) is 55.7 Å². The lowest BCUT2D eigenvalue weighted by atomic mass is 9.84. The van der Waals surface area contributed by atoms with Gasteiger partial charge in [-0.05, 0) is 85.2 Å². The van der Waals surface area contributed by atoms with Crippen molar-refractivity contribution >= 4 is 21.6 Å². The molecule has 1 fully saturated rings. The average molecular weight is 638 g/mol. The van der Waals surface area contributed by atoms with Gasteiger partial charge in [0.05, 0.1) is 16.6 Å². The lowest BCUT2D eigenvalue weighted by Gasteiger charge is -2.30. The Morgan fingerprint density at radius 1 is 1.04 bits per heavy atom. The predicted molar refractivity (Wildman–Crippen MR) is 167 cm³/mol. The summed E-state index contributed by atoms with van der Waals surface area (Å²) in [6.45, 7) is 0.319. The molecule has 5 rings (SSSR count). The third-order valence-corrected chi connectivity index (χ3v) is 9.80. The van der Waals surface area contributed by atoms with E-state index in [9.17, 15) is 31.5 Å². The molecule has 2 aromatic rings. The highest BCUT2D eigenvalue weighted by Gasteiger charge is 2.32. The van der Waals surface area contributed by atoms with Crippen molar-refractivity contribution in [1.82, 2.24) is 10.6 Å². The molecule has 0 radical (unpaired) electrons. The van der Waals surface area contributed by atoms with Gasteiger partial charge < -0.3 is 15.7 Å². The van der Waals surface area contributed by atoms with Crippen LogP contribution in [0.2, 0.25) is 0 Å². The number of aliphatic hydroxyl groups is 1. The van der Waals surface area contributed by atoms with Crippen molar-refractivity contribution in [3.05, 3.63) is 106 Å². The third-order valence-electron chi connectivity index (χ3n) is 8.23. The topological polar surface area (TPSA) is 108 Å². The number of aliphatic imine (C=N–C) groups is 1. The number of hydrogen-bond donors (Lipinski definition) is 3. The molecule has 3 N–H and O–H groups in total. The summed E-state index contributed by atoms with van der Waals surface area (Å²) in [5, 5.41) is 18.0. The van der Waals surface area contributed by atoms with Crippen LogP contribution in [0.5, 0.6) is 0 Å². The van der Waals surface area contributed by atoms with Gasteiger partial charge in [-0.1, -0.05) is 29.8 Å². The van der Waals surface area contributed by atoms with Gasteiger partial charge in [-0.3, -0.25) is 4.79 Å². The molecule has 2 aliphatic carbocycles. The number of allylic oxidation sites excluding steroid dienone is 4. The Bertz CT molecular complexity index is 1760. The molecule has 0 saturated heterocycles. The Morgan fingerprint density at radius 2 is 1.80 bits per heavy atom. The van der Waals surface area contributed by atoms with E-state index < -0.39 is 27.7 Å². The van der Waals surface area contributed by atoms with E-state index in [1.165, 1.54) is 29.7 Å². The van der Waals surface area contributed by atoms with Crippen LogP contribution >= 0.6 is 0 Å². The fourth-order valence-corrected chi connectivity index (χ4v) is 6.95. The summed E-state index contributed by atoms with van der Waals surface area (Å²) >= 11 is 0. The Balaban J connectivity index is 1.23. The minimum absolute atomic E-state index is 0.119. The number of nitrogens with one attached hydrogen (secondary N) is 2. The fraction of sp³-hybridized carbons (Fsp3) is 0.324. The smallest absolute Gasteiger partial charge is 0.392 e. The minimum atomic E-state index is -4.47. The molecule has 11 heteroatoms. The molecule has 1 heterocycles. The molecule has 2 aromatic carbocycles. The maximum Gasteiger partial charge on any atom is 0.417 e. The fourth-order valence-electron chi connectivity index (χ4n) is 5.64. The van der Waals surface area contributed by atoms with E-state index in [0.29, 0.717) is 48.5 Å². The average Bonchev–Trinajstić information content (AvgIpc) is 3.25. The third kappa shape index (κ3) is 7.92. The number of aryl methyl sites for hydroxylation is 1. The number of sulfone groups is 1. The molecule has 2 atom stereocenters. The van der Waals surface area contributed by atoms with Gasteiger partial charge in [0.2, 0.25) is 0 Å². The second kappa shape index (κ2) is 13.4. The second-order valence-corrected chi connectivity index (χ2v) is 13.1. The summed E-state index contributed by atoms with van der Waals surface area (Å²) in [6.07, 6.45) is 2.80. The van der Waals surface area contributed by atoms with Crippen molar-refractivity contribution in [3.8, 4) is 11.1 Å². The number of benzene rings is 2. The van der Waals surface area contributed by atoms with Gasteiger partial charge in [0, 0.05) is 48.7 Å². The molecule has 1 aliphatic heterocycles. The number of fused-ring (bicyclic) bond motifs is 1. The molecule has 7 nitrogen and oxygen atoms in total. The lowest BCUT2D eigenvalue weighted by molar-refractivity contribution is -0.0881. The predicted octanol–water partition coefficient (Wildman–Crippen LogP) is 5.95. The second-order valence-electron chi connectivity index (χ2n) is 11.3. The molecule has 0 unspecified atom stereocenters. The molecule has 236 valence electrons. The van der Waals surface area contributed by atoms with E-state index in [-0.39, 0.29) is 23.1 Å². The van der Waals surface area contributed by atoms with E-state index in [2.05, 4.69) is 21.4 Å². The molecule has 0 aromatic heterocycles. The largest absolute Gasteiger partial charge is 0.417 e. The quantitative estimate of drug-likeness (QED) is 0.338. The van der Waals surface area contributed by atoms with Crippen LogP contribution in [0, 0.1) is 5.92 Å². The van der Waals surface area contributed by atoms with Crippen LogP contribution in [0.25, 0.3) is 11.1 Å². The van der Waals surface area contributed by atoms with E-state index in [1.54, 1.807) is 25.2 Å². The zero-order chi connectivity index (χ0) is 32.2. The molecule has 45 heavy (non-hydrogen) atoms. The van der Waals surface area contributed by atoms with Crippen LogP contribution in [0.1, 0.15) is 48.0 Å². The SMILES string of the molecule is CN/C1=N/C(=O)c2cc(-c3ccc(S(=O)(=O)/C=C4\CC[C@@H](CNC5=CC=C(C(F)(F)F)C=C=C5)[C@@H](O)C4)cc3)ccc2CCC1. The zero-order valence-corrected chi connectivity index (χ0v) is 25.5. The Hall–Kier alpha value is -4.18. The van der Waals surface area contributed by atoms with Crippen molar-refractivity contribution in [2.24, 2.45) is 10.9 Å².